The van der Waals surface area contributed by atoms with Crippen LogP contribution in [0.4, 0.5) is 5.69 Å². The lowest BCUT2D eigenvalue weighted by molar-refractivity contribution is 0.0934. The maximum atomic E-state index is 12.1. The zero-order chi connectivity index (χ0) is 12.3. The average molecular weight is 230 g/mol. The molecule has 0 spiro atoms. The van der Waals surface area contributed by atoms with Crippen LogP contribution in [0.15, 0.2) is 30.4 Å². The summed E-state index contributed by atoms with van der Waals surface area (Å²) in [5.74, 6) is -0.0184. The molecule has 3 heteroatoms. The zero-order valence-corrected chi connectivity index (χ0v) is 10.1. The molecule has 0 aromatic heterocycles. The second kappa shape index (κ2) is 5.04. The van der Waals surface area contributed by atoms with Gasteiger partial charge in [0, 0.05) is 17.3 Å². The number of nitrogens with one attached hydrogen (secondary N) is 1. The van der Waals surface area contributed by atoms with Crippen molar-refractivity contribution in [3.8, 4) is 0 Å². The Kier molecular flexibility index (Phi) is 3.47. The van der Waals surface area contributed by atoms with Crippen molar-refractivity contribution in [2.24, 2.45) is 0 Å². The molecular formula is C14H18N2O. The molecular weight excluding hydrogens is 212 g/mol. The van der Waals surface area contributed by atoms with Crippen LogP contribution in [0.2, 0.25) is 0 Å². The molecule has 0 saturated carbocycles. The highest BCUT2D eigenvalue weighted by Gasteiger charge is 2.16. The molecule has 0 bridgehead atoms. The number of hydrogen-bond donors (Lipinski definition) is 2. The van der Waals surface area contributed by atoms with Crippen LogP contribution >= 0.6 is 0 Å². The summed E-state index contributed by atoms with van der Waals surface area (Å²) in [6.45, 7) is 1.88. The lowest BCUT2D eigenvalue weighted by Crippen LogP contribution is -2.35. The van der Waals surface area contributed by atoms with Crippen molar-refractivity contribution < 1.29 is 4.79 Å². The van der Waals surface area contributed by atoms with Crippen molar-refractivity contribution in [1.29, 1.82) is 0 Å². The Bertz CT molecular complexity index is 452. The minimum atomic E-state index is -0.0184. The van der Waals surface area contributed by atoms with Gasteiger partial charge in [-0.25, -0.2) is 0 Å². The molecule has 3 N–H and O–H groups in total. The second-order valence-corrected chi connectivity index (χ2v) is 4.47. The van der Waals surface area contributed by atoms with Crippen LogP contribution in [0.3, 0.4) is 0 Å². The summed E-state index contributed by atoms with van der Waals surface area (Å²) in [5.41, 5.74) is 8.01. The summed E-state index contributed by atoms with van der Waals surface area (Å²) >= 11 is 0. The summed E-state index contributed by atoms with van der Waals surface area (Å²) in [6.07, 6.45) is 7.27. The molecule has 1 aliphatic carbocycles. The summed E-state index contributed by atoms with van der Waals surface area (Å²) in [6, 6.07) is 5.71. The summed E-state index contributed by atoms with van der Waals surface area (Å²) in [7, 11) is 0. The largest absolute Gasteiger partial charge is 0.398 e. The van der Waals surface area contributed by atoms with E-state index in [-0.39, 0.29) is 11.9 Å². The van der Waals surface area contributed by atoms with Gasteiger partial charge in [0.25, 0.3) is 5.91 Å². The van der Waals surface area contributed by atoms with Crippen molar-refractivity contribution in [1.82, 2.24) is 5.32 Å². The van der Waals surface area contributed by atoms with Crippen LogP contribution in [0.5, 0.6) is 0 Å². The van der Waals surface area contributed by atoms with Gasteiger partial charge in [-0.05, 0) is 43.9 Å². The van der Waals surface area contributed by atoms with Crippen LogP contribution in [0.1, 0.15) is 35.2 Å². The molecule has 1 aromatic carbocycles. The lowest BCUT2D eigenvalue weighted by atomic mass is 10.0. The third kappa shape index (κ3) is 2.67. The van der Waals surface area contributed by atoms with E-state index in [9.17, 15) is 4.79 Å². The monoisotopic (exact) mass is 230 g/mol. The van der Waals surface area contributed by atoms with Gasteiger partial charge in [0.2, 0.25) is 0 Å². The van der Waals surface area contributed by atoms with E-state index in [1.807, 2.05) is 25.1 Å². The molecule has 0 fully saturated rings. The number of benzene rings is 1. The first kappa shape index (κ1) is 11.7. The molecule has 0 aliphatic heterocycles. The minimum absolute atomic E-state index is 0.0184. The highest BCUT2D eigenvalue weighted by molar-refractivity contribution is 5.97. The van der Waals surface area contributed by atoms with Crippen LogP contribution in [0, 0.1) is 6.92 Å². The smallest absolute Gasteiger partial charge is 0.251 e. The molecule has 0 heterocycles. The average Bonchev–Trinajstić information content (AvgIpc) is 2.34. The lowest BCUT2D eigenvalue weighted by Gasteiger charge is -2.20. The fraction of sp³-hybridized carbons (Fsp3) is 0.357. The molecule has 1 atom stereocenters. The van der Waals surface area contributed by atoms with Crippen LogP contribution in [0.25, 0.3) is 0 Å². The number of anilines is 1. The maximum absolute atomic E-state index is 12.1. The van der Waals surface area contributed by atoms with E-state index in [1.165, 1.54) is 0 Å². The Morgan fingerprint density at radius 2 is 2.24 bits per heavy atom. The van der Waals surface area contributed by atoms with Gasteiger partial charge in [0.05, 0.1) is 0 Å². The molecule has 0 radical (unpaired) electrons. The van der Waals surface area contributed by atoms with Gasteiger partial charge < -0.3 is 11.1 Å². The number of nitrogen functional groups attached to an aromatic ring is 1. The summed E-state index contributed by atoms with van der Waals surface area (Å²) in [5, 5.41) is 3.06. The van der Waals surface area contributed by atoms with E-state index in [2.05, 4.69) is 17.5 Å². The molecule has 1 unspecified atom stereocenters. The van der Waals surface area contributed by atoms with Gasteiger partial charge in [-0.3, -0.25) is 4.79 Å². The van der Waals surface area contributed by atoms with E-state index in [1.54, 1.807) is 0 Å². The molecule has 3 nitrogen and oxygen atoms in total. The summed E-state index contributed by atoms with van der Waals surface area (Å²) < 4.78 is 0. The van der Waals surface area contributed by atoms with Gasteiger partial charge in [-0.15, -0.1) is 0 Å². The fourth-order valence-corrected chi connectivity index (χ4v) is 2.09. The first-order valence-electron chi connectivity index (χ1n) is 5.99. The molecule has 1 aliphatic rings. The quantitative estimate of drug-likeness (QED) is 0.605. The Morgan fingerprint density at radius 1 is 1.41 bits per heavy atom. The topological polar surface area (TPSA) is 55.1 Å². The number of amides is 1. The predicted octanol–water partition coefficient (Wildman–Crippen LogP) is 2.42. The summed E-state index contributed by atoms with van der Waals surface area (Å²) in [4.78, 5) is 12.1. The van der Waals surface area contributed by atoms with Crippen LogP contribution in [-0.4, -0.2) is 11.9 Å². The van der Waals surface area contributed by atoms with Crippen molar-refractivity contribution in [2.75, 3.05) is 5.73 Å². The van der Waals surface area contributed by atoms with Gasteiger partial charge in [0.1, 0.15) is 0 Å². The predicted molar refractivity (Wildman–Crippen MR) is 69.8 cm³/mol. The number of carbonyl (C=O) groups excluding carboxylic acids is 1. The van der Waals surface area contributed by atoms with E-state index >= 15 is 0 Å². The van der Waals surface area contributed by atoms with E-state index < -0.39 is 0 Å². The van der Waals surface area contributed by atoms with Crippen molar-refractivity contribution >= 4 is 11.6 Å². The number of allylic oxidation sites excluding steroid dienone is 1. The third-order valence-electron chi connectivity index (χ3n) is 3.22. The molecule has 90 valence electrons. The Balaban J connectivity index is 2.09. The molecule has 1 amide bonds. The van der Waals surface area contributed by atoms with Crippen molar-refractivity contribution in [3.05, 3.63) is 41.5 Å². The first-order valence-corrected chi connectivity index (χ1v) is 5.99. The van der Waals surface area contributed by atoms with Gasteiger partial charge in [-0.2, -0.15) is 0 Å². The minimum Gasteiger partial charge on any atom is -0.398 e. The number of hydrogen-bond acceptors (Lipinski definition) is 2. The third-order valence-corrected chi connectivity index (χ3v) is 3.22. The van der Waals surface area contributed by atoms with E-state index in [4.69, 9.17) is 5.73 Å². The van der Waals surface area contributed by atoms with Crippen LogP contribution < -0.4 is 11.1 Å². The number of nitrogens with two attached hydrogens (primary N) is 1. The number of rotatable bonds is 2. The molecule has 1 aromatic rings. The van der Waals surface area contributed by atoms with Gasteiger partial charge in [-0.1, -0.05) is 18.2 Å². The van der Waals surface area contributed by atoms with Crippen molar-refractivity contribution in [2.45, 2.75) is 32.2 Å². The highest BCUT2D eigenvalue weighted by atomic mass is 16.1. The van der Waals surface area contributed by atoms with E-state index in [0.29, 0.717) is 11.3 Å². The second-order valence-electron chi connectivity index (χ2n) is 4.47. The van der Waals surface area contributed by atoms with Crippen molar-refractivity contribution in [3.63, 3.8) is 0 Å². The standard InChI is InChI=1S/C14H18N2O/c1-10-12(8-5-9-13(10)15)14(17)16-11-6-3-2-4-7-11/h2-3,5,8-9,11H,4,6-7,15H2,1H3,(H,16,17). The molecule has 17 heavy (non-hydrogen) atoms. The zero-order valence-electron chi connectivity index (χ0n) is 10.1. The fourth-order valence-electron chi connectivity index (χ4n) is 2.09. The normalized spacial score (nSPS) is 19.0. The SMILES string of the molecule is Cc1c(N)cccc1C(=O)NC1CC=CCC1. The molecule has 0 saturated heterocycles. The van der Waals surface area contributed by atoms with Crippen LogP contribution in [-0.2, 0) is 0 Å². The maximum Gasteiger partial charge on any atom is 0.251 e. The first-order chi connectivity index (χ1) is 8.18. The Labute approximate surface area is 102 Å². The molecule has 2 rings (SSSR count). The Morgan fingerprint density at radius 3 is 2.94 bits per heavy atom. The number of carbonyl (C=O) groups is 1. The Hall–Kier alpha value is -1.77. The van der Waals surface area contributed by atoms with Gasteiger partial charge in [0.15, 0.2) is 0 Å². The highest BCUT2D eigenvalue weighted by Crippen LogP contribution is 2.17. The van der Waals surface area contributed by atoms with E-state index in [0.717, 1.165) is 24.8 Å². The van der Waals surface area contributed by atoms with Gasteiger partial charge >= 0.3 is 0 Å².